The average molecular weight is 331 g/mol. The van der Waals surface area contributed by atoms with E-state index >= 15 is 0 Å². The molecule has 0 bridgehead atoms. The highest BCUT2D eigenvalue weighted by Crippen LogP contribution is 2.21. The molecule has 1 aromatic carbocycles. The molecular weight excluding hydrogens is 317 g/mol. The van der Waals surface area contributed by atoms with Gasteiger partial charge in [-0.15, -0.1) is 0 Å². The summed E-state index contributed by atoms with van der Waals surface area (Å²) in [7, 11) is 0. The molecule has 0 aliphatic rings. The van der Waals surface area contributed by atoms with E-state index in [0.29, 0.717) is 21.7 Å². The van der Waals surface area contributed by atoms with E-state index in [4.69, 9.17) is 34.8 Å². The predicted octanol–water partition coefficient (Wildman–Crippen LogP) is 4.65. The molecule has 0 fully saturated rings. The fourth-order valence-electron chi connectivity index (χ4n) is 1.76. The SMILES string of the molecule is CCc1nc(Cl)cc(NCCc2ccc(Cl)cc2Cl)n1. The van der Waals surface area contributed by atoms with Crippen LogP contribution >= 0.6 is 34.8 Å². The summed E-state index contributed by atoms with van der Waals surface area (Å²) in [5, 5.41) is 4.99. The van der Waals surface area contributed by atoms with Gasteiger partial charge in [-0.1, -0.05) is 47.8 Å². The fraction of sp³-hybridized carbons (Fsp3) is 0.286. The number of anilines is 1. The van der Waals surface area contributed by atoms with Gasteiger partial charge >= 0.3 is 0 Å². The lowest BCUT2D eigenvalue weighted by Gasteiger charge is -2.08. The molecule has 1 aromatic heterocycles. The second kappa shape index (κ2) is 7.11. The Kier molecular flexibility index (Phi) is 5.46. The lowest BCUT2D eigenvalue weighted by molar-refractivity contribution is 0.925. The Bertz CT molecular complexity index is 602. The van der Waals surface area contributed by atoms with Gasteiger partial charge in [-0.2, -0.15) is 0 Å². The first-order valence-electron chi connectivity index (χ1n) is 6.29. The Morgan fingerprint density at radius 2 is 1.90 bits per heavy atom. The number of aryl methyl sites for hydroxylation is 1. The maximum atomic E-state index is 6.13. The normalized spacial score (nSPS) is 10.6. The van der Waals surface area contributed by atoms with Crippen molar-refractivity contribution in [3.8, 4) is 0 Å². The summed E-state index contributed by atoms with van der Waals surface area (Å²) in [4.78, 5) is 8.48. The standard InChI is InChI=1S/C14H14Cl3N3/c1-2-13-19-12(17)8-14(20-13)18-6-5-9-3-4-10(15)7-11(9)16/h3-4,7-8H,2,5-6H2,1H3,(H,18,19,20). The van der Waals surface area contributed by atoms with Gasteiger partial charge in [-0.3, -0.25) is 0 Å². The van der Waals surface area contributed by atoms with E-state index in [9.17, 15) is 0 Å². The van der Waals surface area contributed by atoms with Crippen molar-refractivity contribution >= 4 is 40.6 Å². The van der Waals surface area contributed by atoms with Crippen LogP contribution < -0.4 is 5.32 Å². The van der Waals surface area contributed by atoms with E-state index in [1.54, 1.807) is 12.1 Å². The van der Waals surface area contributed by atoms with E-state index < -0.39 is 0 Å². The van der Waals surface area contributed by atoms with Crippen LogP contribution in [0.2, 0.25) is 15.2 Å². The van der Waals surface area contributed by atoms with Gasteiger partial charge in [0.05, 0.1) is 0 Å². The third kappa shape index (κ3) is 4.23. The minimum Gasteiger partial charge on any atom is -0.370 e. The number of hydrogen-bond donors (Lipinski definition) is 1. The van der Waals surface area contributed by atoms with E-state index in [-0.39, 0.29) is 0 Å². The summed E-state index contributed by atoms with van der Waals surface area (Å²) in [6.07, 6.45) is 1.53. The minimum absolute atomic E-state index is 0.448. The molecule has 0 aliphatic heterocycles. The van der Waals surface area contributed by atoms with E-state index in [0.717, 1.165) is 30.0 Å². The van der Waals surface area contributed by atoms with Gasteiger partial charge in [0.25, 0.3) is 0 Å². The smallest absolute Gasteiger partial charge is 0.134 e. The van der Waals surface area contributed by atoms with Gasteiger partial charge < -0.3 is 5.32 Å². The second-order valence-corrected chi connectivity index (χ2v) is 5.49. The largest absolute Gasteiger partial charge is 0.370 e. The Morgan fingerprint density at radius 3 is 2.60 bits per heavy atom. The van der Waals surface area contributed by atoms with Crippen molar-refractivity contribution in [3.05, 3.63) is 50.9 Å². The highest BCUT2D eigenvalue weighted by Gasteiger charge is 2.04. The Morgan fingerprint density at radius 1 is 1.10 bits per heavy atom. The number of benzene rings is 1. The molecule has 0 amide bonds. The monoisotopic (exact) mass is 329 g/mol. The molecule has 20 heavy (non-hydrogen) atoms. The number of nitrogens with one attached hydrogen (secondary N) is 1. The van der Waals surface area contributed by atoms with Crippen LogP contribution in [0.1, 0.15) is 18.3 Å². The van der Waals surface area contributed by atoms with E-state index in [2.05, 4.69) is 15.3 Å². The Labute approximate surface area is 133 Å². The number of aromatic nitrogens is 2. The molecule has 0 atom stereocenters. The van der Waals surface area contributed by atoms with Gasteiger partial charge in [-0.25, -0.2) is 9.97 Å². The molecule has 0 unspecified atom stereocenters. The molecule has 0 saturated heterocycles. The first-order valence-corrected chi connectivity index (χ1v) is 7.43. The van der Waals surface area contributed by atoms with Crippen molar-refractivity contribution in [2.45, 2.75) is 19.8 Å². The summed E-state index contributed by atoms with van der Waals surface area (Å²) >= 11 is 17.9. The topological polar surface area (TPSA) is 37.8 Å². The van der Waals surface area contributed by atoms with E-state index in [1.165, 1.54) is 0 Å². The summed E-state index contributed by atoms with van der Waals surface area (Å²) < 4.78 is 0. The first kappa shape index (κ1) is 15.4. The first-order chi connectivity index (χ1) is 9.58. The second-order valence-electron chi connectivity index (χ2n) is 4.26. The van der Waals surface area contributed by atoms with Crippen LogP contribution in [0.5, 0.6) is 0 Å². The lowest BCUT2D eigenvalue weighted by Crippen LogP contribution is -2.08. The van der Waals surface area contributed by atoms with Crippen LogP contribution in [-0.4, -0.2) is 16.5 Å². The molecule has 0 spiro atoms. The van der Waals surface area contributed by atoms with Gasteiger partial charge in [0.2, 0.25) is 0 Å². The number of rotatable bonds is 5. The molecule has 2 aromatic rings. The van der Waals surface area contributed by atoms with Gasteiger partial charge in [0.1, 0.15) is 16.8 Å². The molecule has 106 valence electrons. The molecule has 3 nitrogen and oxygen atoms in total. The Hall–Kier alpha value is -1.03. The molecule has 0 radical (unpaired) electrons. The van der Waals surface area contributed by atoms with Crippen molar-refractivity contribution in [3.63, 3.8) is 0 Å². The zero-order chi connectivity index (χ0) is 14.5. The molecule has 0 aliphatic carbocycles. The minimum atomic E-state index is 0.448. The molecular formula is C14H14Cl3N3. The van der Waals surface area contributed by atoms with Crippen molar-refractivity contribution in [1.82, 2.24) is 9.97 Å². The number of hydrogen-bond acceptors (Lipinski definition) is 3. The maximum Gasteiger partial charge on any atom is 0.134 e. The highest BCUT2D eigenvalue weighted by molar-refractivity contribution is 6.35. The van der Waals surface area contributed by atoms with Crippen LogP contribution in [0.15, 0.2) is 24.3 Å². The molecule has 6 heteroatoms. The van der Waals surface area contributed by atoms with Crippen LogP contribution in [0.25, 0.3) is 0 Å². The number of nitrogens with zero attached hydrogens (tertiary/aromatic N) is 2. The van der Waals surface area contributed by atoms with Crippen LogP contribution in [0.3, 0.4) is 0 Å². The van der Waals surface area contributed by atoms with Crippen LogP contribution in [0, 0.1) is 0 Å². The maximum absolute atomic E-state index is 6.13. The van der Waals surface area contributed by atoms with Gasteiger partial charge in [-0.05, 0) is 24.1 Å². The molecule has 2 rings (SSSR count). The summed E-state index contributed by atoms with van der Waals surface area (Å²) in [6.45, 7) is 2.70. The van der Waals surface area contributed by atoms with Gasteiger partial charge in [0.15, 0.2) is 0 Å². The van der Waals surface area contributed by atoms with E-state index in [1.807, 2.05) is 19.1 Å². The van der Waals surface area contributed by atoms with Crippen molar-refractivity contribution in [2.24, 2.45) is 0 Å². The lowest BCUT2D eigenvalue weighted by atomic mass is 10.1. The summed E-state index contributed by atoms with van der Waals surface area (Å²) in [5.74, 6) is 1.46. The van der Waals surface area contributed by atoms with Crippen molar-refractivity contribution < 1.29 is 0 Å². The zero-order valence-corrected chi connectivity index (χ0v) is 13.2. The highest BCUT2D eigenvalue weighted by atomic mass is 35.5. The molecule has 0 saturated carbocycles. The summed E-state index contributed by atoms with van der Waals surface area (Å²) in [6, 6.07) is 7.22. The van der Waals surface area contributed by atoms with Crippen molar-refractivity contribution in [1.29, 1.82) is 0 Å². The van der Waals surface area contributed by atoms with Crippen LogP contribution in [0.4, 0.5) is 5.82 Å². The fourth-order valence-corrected chi connectivity index (χ4v) is 2.47. The quantitative estimate of drug-likeness (QED) is 0.811. The zero-order valence-electron chi connectivity index (χ0n) is 11.0. The average Bonchev–Trinajstić information content (AvgIpc) is 2.40. The summed E-state index contributed by atoms with van der Waals surface area (Å²) in [5.41, 5.74) is 1.04. The van der Waals surface area contributed by atoms with Crippen molar-refractivity contribution in [2.75, 3.05) is 11.9 Å². The predicted molar refractivity (Wildman–Crippen MR) is 85.1 cm³/mol. The molecule has 1 N–H and O–H groups in total. The third-order valence-corrected chi connectivity index (χ3v) is 3.55. The molecule has 1 heterocycles. The third-order valence-electron chi connectivity index (χ3n) is 2.77. The van der Waals surface area contributed by atoms with Gasteiger partial charge in [0, 0.05) is 29.1 Å². The Balaban J connectivity index is 1.97. The van der Waals surface area contributed by atoms with Crippen LogP contribution in [-0.2, 0) is 12.8 Å². The number of halogens is 3.